The number of fused-ring (bicyclic) bond motifs is 1. The fourth-order valence-electron chi connectivity index (χ4n) is 2.90. The van der Waals surface area contributed by atoms with E-state index in [9.17, 15) is 13.2 Å². The summed E-state index contributed by atoms with van der Waals surface area (Å²) < 4.78 is 26.5. The summed E-state index contributed by atoms with van der Waals surface area (Å²) in [5, 5.41) is 0.896. The van der Waals surface area contributed by atoms with E-state index >= 15 is 0 Å². The molecule has 0 radical (unpaired) electrons. The van der Waals surface area contributed by atoms with Crippen LogP contribution in [0.1, 0.15) is 23.6 Å². The summed E-state index contributed by atoms with van der Waals surface area (Å²) in [5.41, 5.74) is 2.90. The van der Waals surface area contributed by atoms with E-state index in [1.807, 2.05) is 55.5 Å². The van der Waals surface area contributed by atoms with Gasteiger partial charge in [-0.25, -0.2) is 8.42 Å². The highest BCUT2D eigenvalue weighted by Gasteiger charge is 2.22. The lowest BCUT2D eigenvalue weighted by Crippen LogP contribution is -2.33. The second-order valence-corrected chi connectivity index (χ2v) is 8.63. The molecule has 2 aromatic carbocycles. The smallest absolute Gasteiger partial charge is 0.252 e. The Morgan fingerprint density at radius 2 is 1.73 bits per heavy atom. The highest BCUT2D eigenvalue weighted by atomic mass is 32.2. The molecule has 3 rings (SSSR count). The highest BCUT2D eigenvalue weighted by Crippen LogP contribution is 2.17. The summed E-state index contributed by atoms with van der Waals surface area (Å²) in [4.78, 5) is 15.3. The summed E-state index contributed by atoms with van der Waals surface area (Å²) in [6.45, 7) is 3.88. The van der Waals surface area contributed by atoms with Crippen molar-refractivity contribution in [1.29, 1.82) is 0 Å². The minimum Gasteiger partial charge on any atom is -0.322 e. The summed E-state index contributed by atoms with van der Waals surface area (Å²) in [5.74, 6) is -0.00950. The van der Waals surface area contributed by atoms with Gasteiger partial charge in [0.1, 0.15) is 0 Å². The average molecular weight is 370 g/mol. The molecule has 0 aliphatic rings. The molecule has 0 amide bonds. The molecule has 6 heteroatoms. The Balaban J connectivity index is 1.99. The molecule has 5 nitrogen and oxygen atoms in total. The zero-order chi connectivity index (χ0) is 18.7. The Morgan fingerprint density at radius 1 is 1.00 bits per heavy atom. The van der Waals surface area contributed by atoms with Crippen molar-refractivity contribution in [2.75, 3.05) is 5.75 Å². The van der Waals surface area contributed by atoms with Crippen molar-refractivity contribution in [2.24, 2.45) is 0 Å². The molecular formula is C20H22N2O3S. The van der Waals surface area contributed by atoms with Crippen LogP contribution in [0.5, 0.6) is 0 Å². The Hall–Kier alpha value is -2.44. The first-order chi connectivity index (χ1) is 12.4. The van der Waals surface area contributed by atoms with Gasteiger partial charge in [0.2, 0.25) is 10.0 Å². The number of sulfonamides is 1. The largest absolute Gasteiger partial charge is 0.322 e. The molecule has 136 valence electrons. The zero-order valence-corrected chi connectivity index (χ0v) is 15.7. The van der Waals surface area contributed by atoms with Crippen LogP contribution in [-0.2, 0) is 23.1 Å². The van der Waals surface area contributed by atoms with E-state index in [1.54, 1.807) is 13.0 Å². The molecule has 26 heavy (non-hydrogen) atoms. The van der Waals surface area contributed by atoms with Crippen molar-refractivity contribution >= 4 is 20.9 Å². The van der Waals surface area contributed by atoms with Gasteiger partial charge < -0.3 is 4.98 Å². The number of aromatic nitrogens is 1. The van der Waals surface area contributed by atoms with Gasteiger partial charge in [-0.05, 0) is 43.0 Å². The fourth-order valence-corrected chi connectivity index (χ4v) is 3.95. The molecule has 3 aromatic rings. The van der Waals surface area contributed by atoms with Crippen LogP contribution in [0.15, 0.2) is 59.4 Å². The van der Waals surface area contributed by atoms with Crippen molar-refractivity contribution < 1.29 is 8.42 Å². The average Bonchev–Trinajstić information content (AvgIpc) is 2.63. The second-order valence-electron chi connectivity index (χ2n) is 6.37. The van der Waals surface area contributed by atoms with Gasteiger partial charge in [0.05, 0.1) is 5.75 Å². The van der Waals surface area contributed by atoms with E-state index < -0.39 is 10.0 Å². The molecule has 0 aliphatic heterocycles. The van der Waals surface area contributed by atoms with Gasteiger partial charge in [0.15, 0.2) is 0 Å². The maximum atomic E-state index is 12.6. The van der Waals surface area contributed by atoms with E-state index in [0.29, 0.717) is 5.56 Å². The van der Waals surface area contributed by atoms with E-state index in [-0.39, 0.29) is 24.4 Å². The third-order valence-electron chi connectivity index (χ3n) is 4.38. The molecule has 0 saturated heterocycles. The summed E-state index contributed by atoms with van der Waals surface area (Å²) >= 11 is 0. The number of hydrogen-bond acceptors (Lipinski definition) is 3. The summed E-state index contributed by atoms with van der Waals surface area (Å²) in [7, 11) is -3.45. The molecule has 0 atom stereocenters. The number of pyridine rings is 1. The molecule has 1 aromatic heterocycles. The maximum Gasteiger partial charge on any atom is 0.252 e. The molecule has 0 saturated carbocycles. The number of nitrogens with one attached hydrogen (secondary N) is 1. The summed E-state index contributed by atoms with van der Waals surface area (Å²) in [6, 6.07) is 16.9. The van der Waals surface area contributed by atoms with Crippen LogP contribution in [0.2, 0.25) is 0 Å². The van der Waals surface area contributed by atoms with Crippen LogP contribution in [0, 0.1) is 6.92 Å². The topological polar surface area (TPSA) is 70.2 Å². The van der Waals surface area contributed by atoms with Gasteiger partial charge in [-0.2, -0.15) is 4.31 Å². The Bertz CT molecular complexity index is 1070. The van der Waals surface area contributed by atoms with Gasteiger partial charge in [0.25, 0.3) is 5.56 Å². The molecule has 0 fully saturated rings. The van der Waals surface area contributed by atoms with Gasteiger partial charge in [-0.3, -0.25) is 4.79 Å². The molecule has 0 unspecified atom stereocenters. The Morgan fingerprint density at radius 3 is 2.42 bits per heavy atom. The standard InChI is InChI=1S/C20H22N2O3S/c1-3-26(24,25)22(13-16-7-5-4-6-8-16)14-18-12-17-11-15(2)9-10-19(17)21-20(18)23/h4-12H,3,13-14H2,1-2H3,(H,21,23). The Kier molecular flexibility index (Phi) is 5.25. The van der Waals surface area contributed by atoms with E-state index in [1.165, 1.54) is 4.31 Å². The van der Waals surface area contributed by atoms with Crippen LogP contribution < -0.4 is 5.56 Å². The predicted molar refractivity (Wildman–Crippen MR) is 104 cm³/mol. The Labute approximate surface area is 153 Å². The van der Waals surface area contributed by atoms with Gasteiger partial charge in [-0.15, -0.1) is 0 Å². The van der Waals surface area contributed by atoms with Crippen molar-refractivity contribution in [1.82, 2.24) is 9.29 Å². The van der Waals surface area contributed by atoms with Gasteiger partial charge in [-0.1, -0.05) is 42.0 Å². The molecule has 1 N–H and O–H groups in total. The third-order valence-corrected chi connectivity index (χ3v) is 6.16. The van der Waals surface area contributed by atoms with E-state index in [0.717, 1.165) is 22.0 Å². The first-order valence-electron chi connectivity index (χ1n) is 8.53. The van der Waals surface area contributed by atoms with E-state index in [2.05, 4.69) is 4.98 Å². The number of rotatable bonds is 6. The van der Waals surface area contributed by atoms with Crippen molar-refractivity contribution in [3.05, 3.63) is 81.6 Å². The first kappa shape index (κ1) is 18.4. The number of benzene rings is 2. The van der Waals surface area contributed by atoms with Crippen LogP contribution in [0.4, 0.5) is 0 Å². The summed E-state index contributed by atoms with van der Waals surface area (Å²) in [6.07, 6.45) is 0. The number of H-pyrrole nitrogens is 1. The van der Waals surface area contributed by atoms with Crippen LogP contribution in [0.25, 0.3) is 10.9 Å². The lowest BCUT2D eigenvalue weighted by atomic mass is 10.1. The fraction of sp³-hybridized carbons (Fsp3) is 0.250. The SMILES string of the molecule is CCS(=O)(=O)N(Cc1ccccc1)Cc1cc2cc(C)ccc2[nH]c1=O. The van der Waals surface area contributed by atoms with Crippen molar-refractivity contribution in [3.8, 4) is 0 Å². The number of aromatic amines is 1. The highest BCUT2D eigenvalue weighted by molar-refractivity contribution is 7.89. The van der Waals surface area contributed by atoms with Crippen molar-refractivity contribution in [2.45, 2.75) is 26.9 Å². The quantitative estimate of drug-likeness (QED) is 0.724. The maximum absolute atomic E-state index is 12.6. The van der Waals surface area contributed by atoms with Crippen LogP contribution in [-0.4, -0.2) is 23.5 Å². The van der Waals surface area contributed by atoms with Crippen molar-refractivity contribution in [3.63, 3.8) is 0 Å². The van der Waals surface area contributed by atoms with E-state index in [4.69, 9.17) is 0 Å². The minimum absolute atomic E-state index is 0.00950. The van der Waals surface area contributed by atoms with Crippen LogP contribution in [0.3, 0.4) is 0 Å². The molecule has 0 spiro atoms. The lowest BCUT2D eigenvalue weighted by Gasteiger charge is -2.21. The normalized spacial score (nSPS) is 12.0. The first-order valence-corrected chi connectivity index (χ1v) is 10.1. The zero-order valence-electron chi connectivity index (χ0n) is 14.9. The number of hydrogen-bond donors (Lipinski definition) is 1. The lowest BCUT2D eigenvalue weighted by molar-refractivity contribution is 0.400. The molecular weight excluding hydrogens is 348 g/mol. The molecule has 0 aliphatic carbocycles. The molecule has 1 heterocycles. The van der Waals surface area contributed by atoms with Gasteiger partial charge in [0, 0.05) is 24.2 Å². The number of aryl methyl sites for hydroxylation is 1. The minimum atomic E-state index is -3.45. The van der Waals surface area contributed by atoms with Gasteiger partial charge >= 0.3 is 0 Å². The third kappa shape index (κ3) is 4.03. The predicted octanol–water partition coefficient (Wildman–Crippen LogP) is 3.19. The monoisotopic (exact) mass is 370 g/mol. The number of nitrogens with zero attached hydrogens (tertiary/aromatic N) is 1. The molecule has 0 bridgehead atoms. The van der Waals surface area contributed by atoms with Crippen LogP contribution >= 0.6 is 0 Å². The second kappa shape index (κ2) is 7.43.